The molecule has 1 aromatic rings. The maximum atomic E-state index is 11.9. The van der Waals surface area contributed by atoms with Gasteiger partial charge in [0.25, 0.3) is 17.5 Å². The smallest absolute Gasteiger partial charge is 0.333 e. The van der Waals surface area contributed by atoms with E-state index in [-0.39, 0.29) is 61.5 Å². The number of esters is 1. The number of nitro benzene ring substituents is 1. The summed E-state index contributed by atoms with van der Waals surface area (Å²) in [5.41, 5.74) is -0.153. The van der Waals surface area contributed by atoms with E-state index in [1.807, 2.05) is 6.92 Å². The number of amides is 2. The van der Waals surface area contributed by atoms with Crippen LogP contribution in [0.2, 0.25) is 0 Å². The first-order valence-corrected chi connectivity index (χ1v) is 10.9. The van der Waals surface area contributed by atoms with Crippen LogP contribution in [-0.4, -0.2) is 47.5 Å². The molecule has 1 unspecified atom stereocenters. The van der Waals surface area contributed by atoms with E-state index in [9.17, 15) is 29.3 Å². The van der Waals surface area contributed by atoms with Gasteiger partial charge in [-0.3, -0.25) is 24.5 Å². The standard InChI is InChI=1S/C22H28N2O10/c1-4-5-7-21(27)33-14(2)15-12-17(31-3)18(13-16(15)24(29)30)32-11-6-8-22(28)34-23-19(25)9-10-20(23)26/h12-14H,4-11H2,1-3H3. The summed E-state index contributed by atoms with van der Waals surface area (Å²) < 4.78 is 16.1. The molecular formula is C22H28N2O10. The van der Waals surface area contributed by atoms with Gasteiger partial charge in [-0.2, -0.15) is 0 Å². The van der Waals surface area contributed by atoms with Crippen LogP contribution in [-0.2, 0) is 28.8 Å². The van der Waals surface area contributed by atoms with Crippen molar-refractivity contribution in [1.82, 2.24) is 5.06 Å². The molecule has 2 amide bonds. The predicted molar refractivity (Wildman–Crippen MR) is 116 cm³/mol. The van der Waals surface area contributed by atoms with Crippen molar-refractivity contribution in [2.45, 2.75) is 64.9 Å². The van der Waals surface area contributed by atoms with Gasteiger partial charge in [-0.25, -0.2) is 4.79 Å². The van der Waals surface area contributed by atoms with Crippen LogP contribution in [0.1, 0.15) is 70.5 Å². The van der Waals surface area contributed by atoms with Gasteiger partial charge < -0.3 is 19.0 Å². The van der Waals surface area contributed by atoms with E-state index < -0.39 is 34.8 Å². The van der Waals surface area contributed by atoms with Gasteiger partial charge in [-0.15, -0.1) is 5.06 Å². The molecule has 34 heavy (non-hydrogen) atoms. The minimum absolute atomic E-state index is 0.000349. The Morgan fingerprint density at radius 3 is 2.32 bits per heavy atom. The van der Waals surface area contributed by atoms with Crippen molar-refractivity contribution >= 4 is 29.4 Å². The molecule has 12 heteroatoms. The first kappa shape index (κ1) is 26.6. The quantitative estimate of drug-likeness (QED) is 0.135. The second kappa shape index (κ2) is 12.5. The normalized spacial score (nSPS) is 14.0. The van der Waals surface area contributed by atoms with E-state index in [0.717, 1.165) is 6.42 Å². The third-order valence-electron chi connectivity index (χ3n) is 4.97. The zero-order valence-corrected chi connectivity index (χ0v) is 19.4. The number of nitrogens with zero attached hydrogens (tertiary/aromatic N) is 2. The number of carbonyl (C=O) groups excluding carboxylic acids is 4. The minimum Gasteiger partial charge on any atom is -0.493 e. The molecule has 1 aromatic carbocycles. The van der Waals surface area contributed by atoms with Crippen LogP contribution >= 0.6 is 0 Å². The van der Waals surface area contributed by atoms with Gasteiger partial charge in [0.05, 0.1) is 36.7 Å². The third-order valence-corrected chi connectivity index (χ3v) is 4.97. The van der Waals surface area contributed by atoms with Crippen molar-refractivity contribution < 1.29 is 43.1 Å². The van der Waals surface area contributed by atoms with Crippen LogP contribution < -0.4 is 9.47 Å². The van der Waals surface area contributed by atoms with Crippen molar-refractivity contribution in [2.75, 3.05) is 13.7 Å². The van der Waals surface area contributed by atoms with Gasteiger partial charge >= 0.3 is 11.9 Å². The molecule has 1 aliphatic heterocycles. The zero-order chi connectivity index (χ0) is 25.3. The van der Waals surface area contributed by atoms with E-state index in [0.29, 0.717) is 11.5 Å². The molecule has 12 nitrogen and oxygen atoms in total. The van der Waals surface area contributed by atoms with Crippen LogP contribution in [0.25, 0.3) is 0 Å². The highest BCUT2D eigenvalue weighted by Gasteiger charge is 2.32. The number of carbonyl (C=O) groups is 4. The molecule has 0 aliphatic carbocycles. The molecule has 1 saturated heterocycles. The van der Waals surface area contributed by atoms with Gasteiger partial charge in [0.2, 0.25) is 0 Å². The number of unbranched alkanes of at least 4 members (excludes halogenated alkanes) is 1. The number of hydroxylamine groups is 2. The first-order valence-electron chi connectivity index (χ1n) is 10.9. The Hall–Kier alpha value is -3.70. The van der Waals surface area contributed by atoms with E-state index in [1.54, 1.807) is 0 Å². The highest BCUT2D eigenvalue weighted by atomic mass is 16.7. The predicted octanol–water partition coefficient (Wildman–Crippen LogP) is 3.16. The van der Waals surface area contributed by atoms with Crippen molar-refractivity contribution in [2.24, 2.45) is 0 Å². The van der Waals surface area contributed by atoms with Crippen LogP contribution in [0.15, 0.2) is 12.1 Å². The summed E-state index contributed by atoms with van der Waals surface area (Å²) in [5, 5.41) is 12.1. The lowest BCUT2D eigenvalue weighted by Crippen LogP contribution is -2.32. The molecule has 0 saturated carbocycles. The van der Waals surface area contributed by atoms with E-state index in [1.165, 1.54) is 26.2 Å². The molecule has 0 spiro atoms. The second-order valence-electron chi connectivity index (χ2n) is 7.55. The number of methoxy groups -OCH3 is 1. The highest BCUT2D eigenvalue weighted by Crippen LogP contribution is 2.38. The maximum absolute atomic E-state index is 11.9. The van der Waals surface area contributed by atoms with Crippen molar-refractivity contribution in [3.8, 4) is 11.5 Å². The van der Waals surface area contributed by atoms with E-state index >= 15 is 0 Å². The Labute approximate surface area is 196 Å². The third kappa shape index (κ3) is 7.15. The summed E-state index contributed by atoms with van der Waals surface area (Å²) in [6, 6.07) is 2.55. The van der Waals surface area contributed by atoms with Crippen LogP contribution in [0.3, 0.4) is 0 Å². The summed E-state index contributed by atoms with van der Waals surface area (Å²) in [4.78, 5) is 62.5. The molecule has 0 N–H and O–H groups in total. The molecule has 1 atom stereocenters. The topological polar surface area (TPSA) is 152 Å². The van der Waals surface area contributed by atoms with Gasteiger partial charge in [-0.05, 0) is 25.8 Å². The van der Waals surface area contributed by atoms with Crippen molar-refractivity contribution in [3.63, 3.8) is 0 Å². The van der Waals surface area contributed by atoms with E-state index in [4.69, 9.17) is 19.0 Å². The summed E-state index contributed by atoms with van der Waals surface area (Å²) in [5.74, 6) is -2.12. The molecular weight excluding hydrogens is 452 g/mol. The van der Waals surface area contributed by atoms with E-state index in [2.05, 4.69) is 0 Å². The number of nitro groups is 1. The summed E-state index contributed by atoms with van der Waals surface area (Å²) >= 11 is 0. The number of rotatable bonds is 13. The highest BCUT2D eigenvalue weighted by molar-refractivity contribution is 6.01. The lowest BCUT2D eigenvalue weighted by Gasteiger charge is -2.17. The summed E-state index contributed by atoms with van der Waals surface area (Å²) in [6.45, 7) is 3.45. The minimum atomic E-state index is -0.876. The van der Waals surface area contributed by atoms with Gasteiger partial charge in [0.1, 0.15) is 6.10 Å². The fourth-order valence-electron chi connectivity index (χ4n) is 3.17. The zero-order valence-electron chi connectivity index (χ0n) is 19.4. The Morgan fingerprint density at radius 1 is 1.09 bits per heavy atom. The Kier molecular flexibility index (Phi) is 9.77. The number of ether oxygens (including phenoxy) is 3. The first-order chi connectivity index (χ1) is 16.2. The molecule has 0 aromatic heterocycles. The fourth-order valence-corrected chi connectivity index (χ4v) is 3.17. The molecule has 2 rings (SSSR count). The number of hydrogen-bond acceptors (Lipinski definition) is 10. The molecule has 1 fully saturated rings. The SMILES string of the molecule is CCCCC(=O)OC(C)c1cc(OC)c(OCCCC(=O)ON2C(=O)CCC2=O)cc1[N+](=O)[O-]. The summed E-state index contributed by atoms with van der Waals surface area (Å²) in [7, 11) is 1.36. The lowest BCUT2D eigenvalue weighted by molar-refractivity contribution is -0.386. The maximum Gasteiger partial charge on any atom is 0.333 e. The average Bonchev–Trinajstić information content (AvgIpc) is 3.11. The molecule has 0 radical (unpaired) electrons. The Bertz CT molecular complexity index is 930. The molecule has 0 bridgehead atoms. The van der Waals surface area contributed by atoms with Crippen LogP contribution in [0.5, 0.6) is 11.5 Å². The molecule has 186 valence electrons. The molecule has 1 aliphatic rings. The monoisotopic (exact) mass is 480 g/mol. The van der Waals surface area contributed by atoms with Crippen LogP contribution in [0, 0.1) is 10.1 Å². The number of imide groups is 1. The van der Waals surface area contributed by atoms with Crippen LogP contribution in [0.4, 0.5) is 5.69 Å². The van der Waals surface area contributed by atoms with Gasteiger partial charge in [-0.1, -0.05) is 13.3 Å². The largest absolute Gasteiger partial charge is 0.493 e. The molecule has 1 heterocycles. The average molecular weight is 480 g/mol. The lowest BCUT2D eigenvalue weighted by atomic mass is 10.1. The Morgan fingerprint density at radius 2 is 1.74 bits per heavy atom. The van der Waals surface area contributed by atoms with Crippen molar-refractivity contribution in [1.29, 1.82) is 0 Å². The second-order valence-corrected chi connectivity index (χ2v) is 7.55. The van der Waals surface area contributed by atoms with Gasteiger partial charge in [0, 0.05) is 19.3 Å². The van der Waals surface area contributed by atoms with Gasteiger partial charge in [0.15, 0.2) is 11.5 Å². The number of benzene rings is 1. The van der Waals surface area contributed by atoms with Crippen molar-refractivity contribution in [3.05, 3.63) is 27.8 Å². The Balaban J connectivity index is 2.00. The number of hydrogen-bond donors (Lipinski definition) is 0. The summed E-state index contributed by atoms with van der Waals surface area (Å²) in [6.07, 6.45) is 0.815. The fraction of sp³-hybridized carbons (Fsp3) is 0.545.